The molecule has 5 aromatic rings. The summed E-state index contributed by atoms with van der Waals surface area (Å²) in [6.07, 6.45) is 5.36. The number of nitrogens with one attached hydrogen (secondary N) is 4. The molecule has 3 aromatic heterocycles. The number of piperazine rings is 3. The molecule has 0 radical (unpaired) electrons. The van der Waals surface area contributed by atoms with Crippen LogP contribution in [0.25, 0.3) is 11.1 Å². The number of rotatable bonds is 4. The molecule has 8 rings (SSSR count). The van der Waals surface area contributed by atoms with E-state index in [1.165, 1.54) is 11.1 Å². The Hall–Kier alpha value is -3.44. The standard InChI is InChI=1S/C15H17N3.C9H12BrN3.C6H7BO2.C5H3BrClN.C4H10N2.2C2H6/c1-2-5-13(6-3-1)14-7-4-8-17-15(14)18-11-9-16-10-12-18;10-8-2-1-3-12-9(8)13-6-4-11-5-7-13;8-7(9)6-4-2-1-3-5-6;6-4-2-1-3-8-5(4)7;1-2-6-4-3-5-1;2*1-2/h1-8,16H,9-12H2;1-3,11H,4-7H2;1-5,8-9H;1-3H;5-6H,1-4H2;2*1-2H3. The average Bonchev–Trinajstić information content (AvgIpc) is 3.31. The maximum Gasteiger partial charge on any atom is 0.488 e. The Kier molecular flexibility index (Phi) is 28.3. The lowest BCUT2D eigenvalue weighted by molar-refractivity contribution is 0.426. The van der Waals surface area contributed by atoms with Gasteiger partial charge in [0.2, 0.25) is 0 Å². The number of halogens is 3. The molecule has 11 nitrogen and oxygen atoms in total. The molecular weight excluding hydrogens is 881 g/mol. The van der Waals surface area contributed by atoms with E-state index < -0.39 is 7.12 Å². The maximum atomic E-state index is 8.58. The van der Waals surface area contributed by atoms with Gasteiger partial charge in [-0.3, -0.25) is 0 Å². The highest BCUT2D eigenvalue weighted by Crippen LogP contribution is 2.28. The minimum absolute atomic E-state index is 0.507. The van der Waals surface area contributed by atoms with E-state index in [9.17, 15) is 0 Å². The zero-order chi connectivity index (χ0) is 42.2. The Bertz CT molecular complexity index is 1710. The molecule has 0 bridgehead atoms. The van der Waals surface area contributed by atoms with Crippen LogP contribution in [0.3, 0.4) is 0 Å². The monoisotopic (exact) mass is 939 g/mol. The predicted molar refractivity (Wildman–Crippen MR) is 253 cm³/mol. The van der Waals surface area contributed by atoms with Gasteiger partial charge in [0.1, 0.15) is 16.8 Å². The van der Waals surface area contributed by atoms with Crippen LogP contribution in [-0.4, -0.2) is 111 Å². The largest absolute Gasteiger partial charge is 0.488 e. The Labute approximate surface area is 368 Å². The fourth-order valence-corrected chi connectivity index (χ4v) is 6.33. The number of benzene rings is 2. The molecule has 0 spiro atoms. The highest BCUT2D eigenvalue weighted by atomic mass is 79.9. The van der Waals surface area contributed by atoms with Crippen LogP contribution in [0.15, 0.2) is 125 Å². The summed E-state index contributed by atoms with van der Waals surface area (Å²) in [7, 11) is -1.34. The summed E-state index contributed by atoms with van der Waals surface area (Å²) < 4.78 is 1.92. The molecule has 0 atom stereocenters. The SMILES string of the molecule is Brc1cccnc1N1CCNCC1.C1CNCCN1.CC.CC.Clc1ncccc1Br.OB(O)c1ccccc1.c1ccc(-c2cccnc2N2CCNCC2)cc1. The third-order valence-corrected chi connectivity index (χ3v) is 10.0. The summed E-state index contributed by atoms with van der Waals surface area (Å²) in [5, 5.41) is 30.8. The quantitative estimate of drug-likeness (QED) is 0.0872. The van der Waals surface area contributed by atoms with Gasteiger partial charge in [0, 0.05) is 103 Å². The summed E-state index contributed by atoms with van der Waals surface area (Å²) in [5.74, 6) is 2.16. The minimum Gasteiger partial charge on any atom is -0.423 e. The summed E-state index contributed by atoms with van der Waals surface area (Å²) in [5.41, 5.74) is 2.98. The Morgan fingerprint density at radius 3 is 1.34 bits per heavy atom. The Balaban J connectivity index is 0.000000257. The van der Waals surface area contributed by atoms with Gasteiger partial charge in [-0.15, -0.1) is 0 Å². The summed E-state index contributed by atoms with van der Waals surface area (Å²) >= 11 is 12.3. The second-order valence-corrected chi connectivity index (χ2v) is 14.2. The lowest BCUT2D eigenvalue weighted by Gasteiger charge is -2.30. The first-order valence-electron chi connectivity index (χ1n) is 20.0. The van der Waals surface area contributed by atoms with Gasteiger partial charge >= 0.3 is 7.12 Å². The lowest BCUT2D eigenvalue weighted by Crippen LogP contribution is -2.44. The van der Waals surface area contributed by atoms with Crippen LogP contribution in [0.2, 0.25) is 5.15 Å². The van der Waals surface area contributed by atoms with Crippen LogP contribution >= 0.6 is 43.5 Å². The zero-order valence-corrected chi connectivity index (χ0v) is 38.2. The van der Waals surface area contributed by atoms with Crippen LogP contribution in [0.4, 0.5) is 11.6 Å². The molecule has 0 aliphatic carbocycles. The minimum atomic E-state index is -1.34. The van der Waals surface area contributed by atoms with E-state index >= 15 is 0 Å². The number of anilines is 2. The van der Waals surface area contributed by atoms with Gasteiger partial charge in [-0.2, -0.15) is 0 Å². The average molecular weight is 942 g/mol. The molecule has 0 saturated carbocycles. The first-order valence-corrected chi connectivity index (χ1v) is 22.0. The molecule has 3 aliphatic heterocycles. The normalized spacial score (nSPS) is 14.2. The molecule has 6 N–H and O–H groups in total. The van der Waals surface area contributed by atoms with Crippen molar-refractivity contribution >= 4 is 67.7 Å². The number of hydrogen-bond acceptors (Lipinski definition) is 11. The Morgan fingerprint density at radius 2 is 0.931 bits per heavy atom. The fraction of sp³-hybridized carbons (Fsp3) is 0.372. The third kappa shape index (κ3) is 20.0. The van der Waals surface area contributed by atoms with Gasteiger partial charge in [0.25, 0.3) is 0 Å². The van der Waals surface area contributed by atoms with Crippen molar-refractivity contribution < 1.29 is 10.0 Å². The van der Waals surface area contributed by atoms with Crippen LogP contribution < -0.4 is 36.5 Å². The molecule has 0 unspecified atom stereocenters. The highest BCUT2D eigenvalue weighted by molar-refractivity contribution is 9.11. The molecule has 3 saturated heterocycles. The molecule has 314 valence electrons. The van der Waals surface area contributed by atoms with Crippen LogP contribution in [0.5, 0.6) is 0 Å². The van der Waals surface area contributed by atoms with E-state index in [0.29, 0.717) is 10.6 Å². The lowest BCUT2D eigenvalue weighted by atomic mass is 9.81. The summed E-state index contributed by atoms with van der Waals surface area (Å²) in [6, 6.07) is 30.9. The molecule has 3 aliphatic rings. The molecule has 3 fully saturated rings. The van der Waals surface area contributed by atoms with E-state index in [-0.39, 0.29) is 0 Å². The van der Waals surface area contributed by atoms with Gasteiger partial charge in [-0.1, -0.05) is 100.0 Å². The number of aromatic nitrogens is 3. The summed E-state index contributed by atoms with van der Waals surface area (Å²) in [4.78, 5) is 17.4. The van der Waals surface area contributed by atoms with Crippen molar-refractivity contribution in [2.45, 2.75) is 27.7 Å². The second kappa shape index (κ2) is 32.4. The molecule has 58 heavy (non-hydrogen) atoms. The third-order valence-electron chi connectivity index (χ3n) is 8.21. The number of nitrogens with zero attached hydrogens (tertiary/aromatic N) is 5. The van der Waals surface area contributed by atoms with Gasteiger partial charge < -0.3 is 41.1 Å². The van der Waals surface area contributed by atoms with Crippen molar-refractivity contribution in [3.8, 4) is 11.1 Å². The van der Waals surface area contributed by atoms with E-state index in [2.05, 4.69) is 108 Å². The van der Waals surface area contributed by atoms with Crippen LogP contribution in [0.1, 0.15) is 27.7 Å². The van der Waals surface area contributed by atoms with E-state index in [4.69, 9.17) is 21.6 Å². The van der Waals surface area contributed by atoms with Crippen molar-refractivity contribution in [1.82, 2.24) is 36.2 Å². The molecule has 6 heterocycles. The van der Waals surface area contributed by atoms with Crippen molar-refractivity contribution in [3.05, 3.63) is 130 Å². The van der Waals surface area contributed by atoms with Gasteiger partial charge in [0.15, 0.2) is 0 Å². The number of pyridine rings is 3. The van der Waals surface area contributed by atoms with Crippen molar-refractivity contribution in [3.63, 3.8) is 0 Å². The Morgan fingerprint density at radius 1 is 0.517 bits per heavy atom. The van der Waals surface area contributed by atoms with E-state index in [0.717, 1.165) is 99.1 Å². The van der Waals surface area contributed by atoms with Crippen molar-refractivity contribution in [2.75, 3.05) is 88.3 Å². The summed E-state index contributed by atoms with van der Waals surface area (Å²) in [6.45, 7) is 20.8. The second-order valence-electron chi connectivity index (χ2n) is 12.1. The zero-order valence-electron chi connectivity index (χ0n) is 34.3. The predicted octanol–water partition coefficient (Wildman–Crippen LogP) is 6.51. The van der Waals surface area contributed by atoms with Crippen molar-refractivity contribution in [2.24, 2.45) is 0 Å². The topological polar surface area (TPSA) is 134 Å². The van der Waals surface area contributed by atoms with Crippen molar-refractivity contribution in [1.29, 1.82) is 0 Å². The van der Waals surface area contributed by atoms with Crippen LogP contribution in [0, 0.1) is 0 Å². The van der Waals surface area contributed by atoms with E-state index in [1.807, 2.05) is 82.6 Å². The van der Waals surface area contributed by atoms with Gasteiger partial charge in [-0.05, 0) is 79.3 Å². The van der Waals surface area contributed by atoms with Gasteiger partial charge in [0.05, 0.1) is 8.95 Å². The van der Waals surface area contributed by atoms with Gasteiger partial charge in [-0.25, -0.2) is 15.0 Å². The molecule has 2 aromatic carbocycles. The first kappa shape index (κ1) is 50.7. The van der Waals surface area contributed by atoms with E-state index in [1.54, 1.807) is 30.5 Å². The maximum absolute atomic E-state index is 8.58. The molecule has 0 amide bonds. The highest BCUT2D eigenvalue weighted by Gasteiger charge is 2.16. The fourth-order valence-electron chi connectivity index (χ4n) is 5.45. The first-order chi connectivity index (χ1) is 28.4. The number of hydrogen-bond donors (Lipinski definition) is 6. The smallest absolute Gasteiger partial charge is 0.423 e. The molecule has 15 heteroatoms. The molecular formula is C43H61BBr2ClN9O2. The van der Waals surface area contributed by atoms with Crippen LogP contribution in [-0.2, 0) is 0 Å².